The molecule has 0 aliphatic heterocycles. The predicted molar refractivity (Wildman–Crippen MR) is 341 cm³/mol. The molecule has 0 unspecified atom stereocenters. The van der Waals surface area contributed by atoms with E-state index in [2.05, 4.69) is 364 Å². The van der Waals surface area contributed by atoms with Crippen LogP contribution in [0.5, 0.6) is 0 Å². The fourth-order valence-corrected chi connectivity index (χ4v) is 17.9. The van der Waals surface area contributed by atoms with Crippen molar-refractivity contribution >= 4 is 95.3 Å². The zero-order valence-corrected chi connectivity index (χ0v) is 49.0. The van der Waals surface area contributed by atoms with Crippen molar-refractivity contribution in [3.05, 3.63) is 364 Å². The summed E-state index contributed by atoms with van der Waals surface area (Å²) in [6.07, 6.45) is 0. The van der Waals surface area contributed by atoms with E-state index in [1.807, 2.05) is 0 Å². The first-order valence-electron chi connectivity index (χ1n) is 25.6. The van der Waals surface area contributed by atoms with Gasteiger partial charge in [0, 0.05) is 26.2 Å². The predicted octanol–water partition coefficient (Wildman–Crippen LogP) is 13.8. The van der Waals surface area contributed by atoms with Gasteiger partial charge in [-0.3, -0.25) is 0 Å². The first-order valence-corrected chi connectivity index (χ1v) is 31.0. The van der Waals surface area contributed by atoms with Crippen LogP contribution in [0.3, 0.4) is 0 Å². The minimum absolute atomic E-state index is 0. The third-order valence-electron chi connectivity index (χ3n) is 12.2. The van der Waals surface area contributed by atoms with Crippen molar-refractivity contribution in [3.8, 4) is 0 Å². The summed E-state index contributed by atoms with van der Waals surface area (Å²) < 4.78 is 0. The fraction of sp³-hybridized carbons (Fsp3) is 0. The zero-order valence-electron chi connectivity index (χ0n) is 42.9. The van der Waals surface area contributed by atoms with Gasteiger partial charge in [0.25, 0.3) is 0 Å². The molecule has 0 bridgehead atoms. The number of benzene rings is 12. The van der Waals surface area contributed by atoms with E-state index in [0.29, 0.717) is 0 Å². The second-order valence-electron chi connectivity index (χ2n) is 17.4. The SMILES string of the molecule is [Zr].c1ccc(P(c2ccccc2)c2ccccc2)cc1.c1ccc(P(c2ccccc2)c2ccccc2)cc1.c1ccc(P(c2ccccc2)c2ccccc2)cc1.c1ccc(P(c2ccccc2)c2ccccc2)cc1. The molecular formula is C72H60P4Zr. The van der Waals surface area contributed by atoms with Crippen LogP contribution < -0.4 is 63.7 Å². The molecule has 12 rings (SSSR count). The Bertz CT molecular complexity index is 2580. The summed E-state index contributed by atoms with van der Waals surface area (Å²) in [6, 6.07) is 129. The van der Waals surface area contributed by atoms with E-state index in [1.165, 1.54) is 63.7 Å². The molecule has 0 saturated carbocycles. The molecule has 0 aliphatic rings. The van der Waals surface area contributed by atoms with E-state index in [4.69, 9.17) is 0 Å². The van der Waals surface area contributed by atoms with Gasteiger partial charge in [0.1, 0.15) is 0 Å². The third kappa shape index (κ3) is 16.6. The van der Waals surface area contributed by atoms with E-state index in [9.17, 15) is 0 Å². The molecular weight excluding hydrogens is 1080 g/mol. The monoisotopic (exact) mass is 1140 g/mol. The van der Waals surface area contributed by atoms with Crippen molar-refractivity contribution in [2.75, 3.05) is 0 Å². The largest absolute Gasteiger partial charge is 0.0622 e. The molecule has 12 aromatic rings. The van der Waals surface area contributed by atoms with Crippen LogP contribution in [0.1, 0.15) is 0 Å². The van der Waals surface area contributed by atoms with E-state index in [-0.39, 0.29) is 26.2 Å². The normalized spacial score (nSPS) is 10.4. The molecule has 0 fully saturated rings. The van der Waals surface area contributed by atoms with Crippen molar-refractivity contribution in [2.45, 2.75) is 0 Å². The minimum Gasteiger partial charge on any atom is -0.0622 e. The molecule has 0 heterocycles. The van der Waals surface area contributed by atoms with Gasteiger partial charge in [-0.15, -0.1) is 0 Å². The Kier molecular flexibility index (Phi) is 23.1. The van der Waals surface area contributed by atoms with Crippen molar-refractivity contribution in [3.63, 3.8) is 0 Å². The Morgan fingerprint density at radius 2 is 0.169 bits per heavy atom. The third-order valence-corrected chi connectivity index (χ3v) is 21.9. The Balaban J connectivity index is 0.000000135. The van der Waals surface area contributed by atoms with E-state index in [1.54, 1.807) is 0 Å². The minimum atomic E-state index is -0.446. The van der Waals surface area contributed by atoms with Gasteiger partial charge in [0.15, 0.2) is 0 Å². The zero-order chi connectivity index (χ0) is 51.7. The summed E-state index contributed by atoms with van der Waals surface area (Å²) in [5.74, 6) is 0. The molecule has 12 aromatic carbocycles. The van der Waals surface area contributed by atoms with Crippen molar-refractivity contribution in [2.24, 2.45) is 0 Å². The molecule has 0 saturated heterocycles. The second kappa shape index (κ2) is 31.5. The van der Waals surface area contributed by atoms with Gasteiger partial charge in [-0.1, -0.05) is 364 Å². The number of hydrogen-bond donors (Lipinski definition) is 0. The average molecular weight is 1140 g/mol. The number of rotatable bonds is 12. The first-order chi connectivity index (χ1) is 37.8. The average Bonchev–Trinajstić information content (AvgIpc) is 3.51. The van der Waals surface area contributed by atoms with Crippen LogP contribution in [0.25, 0.3) is 0 Å². The van der Waals surface area contributed by atoms with Crippen molar-refractivity contribution in [1.29, 1.82) is 0 Å². The van der Waals surface area contributed by atoms with Crippen LogP contribution in [0.4, 0.5) is 0 Å². The maximum absolute atomic E-state index is 2.23. The molecule has 0 N–H and O–H groups in total. The fourth-order valence-electron chi connectivity index (χ4n) is 8.71. The molecule has 0 amide bonds. The molecule has 5 heteroatoms. The van der Waals surface area contributed by atoms with E-state index < -0.39 is 31.7 Å². The van der Waals surface area contributed by atoms with Crippen LogP contribution in [0.15, 0.2) is 364 Å². The van der Waals surface area contributed by atoms with Gasteiger partial charge < -0.3 is 0 Å². The van der Waals surface area contributed by atoms with Crippen LogP contribution in [-0.4, -0.2) is 0 Å². The summed E-state index contributed by atoms with van der Waals surface area (Å²) in [6.45, 7) is 0. The molecule has 0 aliphatic carbocycles. The Hall–Kier alpha value is -6.76. The van der Waals surface area contributed by atoms with Crippen LogP contribution >= 0.6 is 31.7 Å². The van der Waals surface area contributed by atoms with Gasteiger partial charge in [-0.05, 0) is 95.3 Å². The van der Waals surface area contributed by atoms with E-state index in [0.717, 1.165) is 0 Å². The quantitative estimate of drug-likeness (QED) is 0.107. The smallest absolute Gasteiger partial charge is 0 e. The maximum Gasteiger partial charge on any atom is 0 e. The summed E-state index contributed by atoms with van der Waals surface area (Å²) in [5.41, 5.74) is 0. The Morgan fingerprint density at radius 1 is 0.104 bits per heavy atom. The molecule has 0 spiro atoms. The maximum atomic E-state index is 2.23. The van der Waals surface area contributed by atoms with Crippen molar-refractivity contribution < 1.29 is 26.2 Å². The van der Waals surface area contributed by atoms with Gasteiger partial charge in [0.05, 0.1) is 0 Å². The Morgan fingerprint density at radius 3 is 0.234 bits per heavy atom. The summed E-state index contributed by atoms with van der Waals surface area (Å²) >= 11 is 0. The van der Waals surface area contributed by atoms with E-state index >= 15 is 0 Å². The van der Waals surface area contributed by atoms with Gasteiger partial charge in [-0.2, -0.15) is 0 Å². The summed E-state index contributed by atoms with van der Waals surface area (Å²) in [7, 11) is -1.78. The molecule has 0 nitrogen and oxygen atoms in total. The molecule has 372 valence electrons. The number of hydrogen-bond acceptors (Lipinski definition) is 0. The molecule has 0 atom stereocenters. The van der Waals surface area contributed by atoms with Crippen molar-refractivity contribution in [1.82, 2.24) is 0 Å². The van der Waals surface area contributed by atoms with Crippen LogP contribution in [-0.2, 0) is 26.2 Å². The van der Waals surface area contributed by atoms with Gasteiger partial charge >= 0.3 is 0 Å². The van der Waals surface area contributed by atoms with Gasteiger partial charge in [-0.25, -0.2) is 0 Å². The first kappa shape index (κ1) is 56.4. The standard InChI is InChI=1S/4C18H15P.Zr/c4*1-4-10-16(11-5-1)19(17-12-6-2-7-13-17)18-14-8-3-9-15-18;/h4*1-15H;. The molecule has 0 radical (unpaired) electrons. The Labute approximate surface area is 481 Å². The summed E-state index contributed by atoms with van der Waals surface area (Å²) in [5, 5.41) is 16.8. The topological polar surface area (TPSA) is 0 Å². The summed E-state index contributed by atoms with van der Waals surface area (Å²) in [4.78, 5) is 0. The second-order valence-corrected chi connectivity index (χ2v) is 26.2. The molecule has 0 aromatic heterocycles. The van der Waals surface area contributed by atoms with Gasteiger partial charge in [0.2, 0.25) is 0 Å². The molecule has 77 heavy (non-hydrogen) atoms. The van der Waals surface area contributed by atoms with Crippen LogP contribution in [0, 0.1) is 0 Å². The van der Waals surface area contributed by atoms with Crippen LogP contribution in [0.2, 0.25) is 0 Å².